The average molecular weight is 293 g/mol. The van der Waals surface area contributed by atoms with Crippen molar-refractivity contribution in [3.8, 4) is 0 Å². The highest BCUT2D eigenvalue weighted by atomic mass is 35.5. The van der Waals surface area contributed by atoms with E-state index < -0.39 is 0 Å². The third kappa shape index (κ3) is 3.81. The maximum absolute atomic E-state index is 5.88. The minimum atomic E-state index is 0.439. The van der Waals surface area contributed by atoms with Crippen LogP contribution in [0.1, 0.15) is 19.3 Å². The van der Waals surface area contributed by atoms with Gasteiger partial charge in [0.25, 0.3) is 0 Å². The monoisotopic (exact) mass is 292 g/mol. The second-order valence-corrected chi connectivity index (χ2v) is 5.36. The van der Waals surface area contributed by atoms with E-state index in [2.05, 4.69) is 27.5 Å². The van der Waals surface area contributed by atoms with Gasteiger partial charge in [-0.05, 0) is 33.0 Å². The predicted molar refractivity (Wildman–Crippen MR) is 85.4 cm³/mol. The minimum Gasteiger partial charge on any atom is -0.371 e. The summed E-state index contributed by atoms with van der Waals surface area (Å²) >= 11 is 5.88. The molecule has 3 rings (SSSR count). The fourth-order valence-corrected chi connectivity index (χ4v) is 2.51. The molecule has 1 N–H and O–H groups in total. The molecule has 0 saturated carbocycles. The number of anilines is 1. The van der Waals surface area contributed by atoms with Gasteiger partial charge in [-0.25, -0.2) is 0 Å². The fraction of sp³-hybridized carbons (Fsp3) is 0.467. The molecule has 2 heterocycles. The van der Waals surface area contributed by atoms with E-state index in [1.54, 1.807) is 0 Å². The lowest BCUT2D eigenvalue weighted by Gasteiger charge is -2.20. The van der Waals surface area contributed by atoms with E-state index in [9.17, 15) is 0 Å². The number of piperidine rings is 1. The third-order valence-electron chi connectivity index (χ3n) is 3.46. The maximum Gasteiger partial charge on any atom is 0.159 e. The van der Waals surface area contributed by atoms with Gasteiger partial charge in [-0.3, -0.25) is 0 Å². The van der Waals surface area contributed by atoms with Crippen LogP contribution in [0.2, 0.25) is 5.15 Å². The Balaban J connectivity index is 0.000000178. The van der Waals surface area contributed by atoms with E-state index in [-0.39, 0.29) is 0 Å². The van der Waals surface area contributed by atoms with Crippen LogP contribution in [-0.4, -0.2) is 42.3 Å². The molecular formula is C15H21ClN4. The van der Waals surface area contributed by atoms with Crippen molar-refractivity contribution in [2.24, 2.45) is 0 Å². The van der Waals surface area contributed by atoms with Crippen molar-refractivity contribution in [2.75, 3.05) is 32.5 Å². The van der Waals surface area contributed by atoms with Crippen LogP contribution >= 0.6 is 11.6 Å². The molecule has 0 radical (unpaired) electrons. The number of fused-ring (bicyclic) bond motifs is 1. The molecule has 0 aliphatic carbocycles. The van der Waals surface area contributed by atoms with Gasteiger partial charge in [0.1, 0.15) is 0 Å². The lowest BCUT2D eigenvalue weighted by molar-refractivity contribution is 0.277. The van der Waals surface area contributed by atoms with Gasteiger partial charge < -0.3 is 10.2 Å². The normalized spacial score (nSPS) is 15.6. The smallest absolute Gasteiger partial charge is 0.159 e. The van der Waals surface area contributed by atoms with Gasteiger partial charge in [-0.2, -0.15) is 0 Å². The molecule has 0 spiro atoms. The maximum atomic E-state index is 5.88. The van der Waals surface area contributed by atoms with Crippen molar-refractivity contribution in [1.82, 2.24) is 15.1 Å². The number of benzene rings is 1. The molecule has 1 aromatic carbocycles. The van der Waals surface area contributed by atoms with Crippen molar-refractivity contribution in [3.05, 3.63) is 29.4 Å². The van der Waals surface area contributed by atoms with E-state index in [4.69, 9.17) is 11.6 Å². The highest BCUT2D eigenvalue weighted by molar-refractivity contribution is 6.34. The summed E-state index contributed by atoms with van der Waals surface area (Å²) in [6.45, 7) is 2.64. The summed E-state index contributed by atoms with van der Waals surface area (Å²) in [6, 6.07) is 7.76. The van der Waals surface area contributed by atoms with Crippen LogP contribution in [-0.2, 0) is 0 Å². The first-order valence-corrected chi connectivity index (χ1v) is 7.37. The van der Waals surface area contributed by atoms with Crippen LogP contribution < -0.4 is 5.32 Å². The van der Waals surface area contributed by atoms with E-state index in [1.165, 1.54) is 32.4 Å². The van der Waals surface area contributed by atoms with Gasteiger partial charge in [0.2, 0.25) is 0 Å². The molecule has 4 nitrogen and oxygen atoms in total. The summed E-state index contributed by atoms with van der Waals surface area (Å²) < 4.78 is 0. The Hall–Kier alpha value is -1.39. The lowest BCUT2D eigenvalue weighted by atomic mass is 10.1. The van der Waals surface area contributed by atoms with Gasteiger partial charge in [-0.15, -0.1) is 10.2 Å². The molecule has 1 saturated heterocycles. The molecule has 1 aliphatic rings. The molecule has 0 amide bonds. The Labute approximate surface area is 125 Å². The number of nitrogens with one attached hydrogen (secondary N) is 1. The summed E-state index contributed by atoms with van der Waals surface area (Å²) in [4.78, 5) is 2.39. The molecule has 1 aromatic heterocycles. The SMILES string of the molecule is CN1CCCCC1.CNc1nnc(Cl)c2ccccc12. The number of halogens is 1. The summed E-state index contributed by atoms with van der Waals surface area (Å²) in [7, 11) is 4.00. The molecule has 0 unspecified atom stereocenters. The Morgan fingerprint density at radius 2 is 1.70 bits per heavy atom. The van der Waals surface area contributed by atoms with Gasteiger partial charge >= 0.3 is 0 Å². The van der Waals surface area contributed by atoms with Crippen molar-refractivity contribution >= 4 is 28.2 Å². The Morgan fingerprint density at radius 1 is 1.05 bits per heavy atom. The zero-order valence-corrected chi connectivity index (χ0v) is 12.8. The van der Waals surface area contributed by atoms with Gasteiger partial charge in [0.05, 0.1) is 0 Å². The standard InChI is InChI=1S/C9H8ClN3.C6H13N/c1-11-9-7-5-3-2-4-6(7)8(10)12-13-9;1-7-5-3-2-4-6-7/h2-5H,1H3,(H,11,13);2-6H2,1H3. The van der Waals surface area contributed by atoms with E-state index in [0.717, 1.165) is 16.6 Å². The minimum absolute atomic E-state index is 0.439. The lowest BCUT2D eigenvalue weighted by Crippen LogP contribution is -2.24. The molecule has 20 heavy (non-hydrogen) atoms. The second-order valence-electron chi connectivity index (χ2n) is 5.00. The third-order valence-corrected chi connectivity index (χ3v) is 3.74. The van der Waals surface area contributed by atoms with E-state index in [1.807, 2.05) is 31.3 Å². The number of nitrogens with zero attached hydrogens (tertiary/aromatic N) is 3. The Kier molecular flexibility index (Phi) is 5.56. The molecule has 0 bridgehead atoms. The molecular weight excluding hydrogens is 272 g/mol. The molecule has 0 atom stereocenters. The summed E-state index contributed by atoms with van der Waals surface area (Å²) in [5.41, 5.74) is 0. The van der Waals surface area contributed by atoms with Gasteiger partial charge in [0.15, 0.2) is 11.0 Å². The van der Waals surface area contributed by atoms with Crippen molar-refractivity contribution in [3.63, 3.8) is 0 Å². The molecule has 108 valence electrons. The van der Waals surface area contributed by atoms with Crippen LogP contribution in [0, 0.1) is 0 Å². The highest BCUT2D eigenvalue weighted by Crippen LogP contribution is 2.24. The van der Waals surface area contributed by atoms with Crippen molar-refractivity contribution in [2.45, 2.75) is 19.3 Å². The van der Waals surface area contributed by atoms with Crippen LogP contribution in [0.4, 0.5) is 5.82 Å². The average Bonchev–Trinajstić information content (AvgIpc) is 2.49. The molecule has 1 fully saturated rings. The predicted octanol–water partition coefficient (Wildman–Crippen LogP) is 3.43. The zero-order valence-electron chi connectivity index (χ0n) is 12.1. The quantitative estimate of drug-likeness (QED) is 0.874. The Morgan fingerprint density at radius 3 is 2.25 bits per heavy atom. The first kappa shape index (κ1) is 15.0. The summed E-state index contributed by atoms with van der Waals surface area (Å²) in [5.74, 6) is 0.750. The second kappa shape index (κ2) is 7.41. The highest BCUT2D eigenvalue weighted by Gasteiger charge is 2.04. The van der Waals surface area contributed by atoms with E-state index in [0.29, 0.717) is 5.15 Å². The van der Waals surface area contributed by atoms with Crippen LogP contribution in [0.25, 0.3) is 10.8 Å². The van der Waals surface area contributed by atoms with Crippen molar-refractivity contribution in [1.29, 1.82) is 0 Å². The molecule has 5 heteroatoms. The van der Waals surface area contributed by atoms with Crippen LogP contribution in [0.15, 0.2) is 24.3 Å². The zero-order chi connectivity index (χ0) is 14.4. The van der Waals surface area contributed by atoms with Crippen molar-refractivity contribution < 1.29 is 0 Å². The summed E-state index contributed by atoms with van der Waals surface area (Å²) in [5, 5.41) is 13.1. The summed E-state index contributed by atoms with van der Waals surface area (Å²) in [6.07, 6.45) is 4.28. The van der Waals surface area contributed by atoms with Gasteiger partial charge in [0, 0.05) is 17.8 Å². The first-order valence-electron chi connectivity index (χ1n) is 6.99. The number of hydrogen-bond donors (Lipinski definition) is 1. The molecule has 1 aliphatic heterocycles. The van der Waals surface area contributed by atoms with E-state index >= 15 is 0 Å². The largest absolute Gasteiger partial charge is 0.371 e. The van der Waals surface area contributed by atoms with Crippen LogP contribution in [0.3, 0.4) is 0 Å². The number of likely N-dealkylation sites (tertiary alicyclic amines) is 1. The number of aromatic nitrogens is 2. The first-order chi connectivity index (χ1) is 9.72. The van der Waals surface area contributed by atoms with Gasteiger partial charge in [-0.1, -0.05) is 42.3 Å². The number of rotatable bonds is 1. The fourth-order valence-electron chi connectivity index (χ4n) is 2.31. The topological polar surface area (TPSA) is 41.0 Å². The Bertz CT molecular complexity index is 553. The molecule has 2 aromatic rings. The van der Waals surface area contributed by atoms with Crippen LogP contribution in [0.5, 0.6) is 0 Å². The number of hydrogen-bond acceptors (Lipinski definition) is 4.